The van der Waals surface area contributed by atoms with Crippen molar-refractivity contribution >= 4 is 11.4 Å². The van der Waals surface area contributed by atoms with Crippen molar-refractivity contribution in [3.8, 4) is 0 Å². The molecule has 1 unspecified atom stereocenters. The minimum absolute atomic E-state index is 0.586. The second kappa shape index (κ2) is 4.53. The van der Waals surface area contributed by atoms with E-state index in [2.05, 4.69) is 53.9 Å². The van der Waals surface area contributed by atoms with Crippen LogP contribution >= 0.6 is 0 Å². The highest BCUT2D eigenvalue weighted by Crippen LogP contribution is 2.18. The predicted molar refractivity (Wildman–Crippen MR) is 65.7 cm³/mol. The third kappa shape index (κ3) is 2.63. The number of rotatable bonds is 3. The van der Waals surface area contributed by atoms with Crippen molar-refractivity contribution in [3.05, 3.63) is 24.3 Å². The summed E-state index contributed by atoms with van der Waals surface area (Å²) < 4.78 is 0. The fourth-order valence-corrected chi connectivity index (χ4v) is 1.89. The van der Waals surface area contributed by atoms with Gasteiger partial charge in [-0.15, -0.1) is 0 Å². The molecule has 1 aliphatic rings. The molecule has 2 rings (SSSR count). The van der Waals surface area contributed by atoms with Crippen molar-refractivity contribution in [2.24, 2.45) is 0 Å². The van der Waals surface area contributed by atoms with E-state index in [0.29, 0.717) is 6.04 Å². The van der Waals surface area contributed by atoms with Crippen LogP contribution in [0.1, 0.15) is 6.42 Å². The van der Waals surface area contributed by atoms with E-state index < -0.39 is 0 Å². The molecule has 1 aromatic rings. The molecule has 1 aromatic carbocycles. The minimum atomic E-state index is 0.586. The molecule has 0 bridgehead atoms. The molecule has 1 saturated heterocycles. The minimum Gasteiger partial charge on any atom is -0.381 e. The largest absolute Gasteiger partial charge is 0.381 e. The second-order valence-electron chi connectivity index (χ2n) is 4.28. The monoisotopic (exact) mass is 205 g/mol. The van der Waals surface area contributed by atoms with Crippen molar-refractivity contribution in [1.29, 1.82) is 0 Å². The van der Waals surface area contributed by atoms with Crippen LogP contribution in [0.2, 0.25) is 0 Å². The number of hydrogen-bond donors (Lipinski definition) is 2. The van der Waals surface area contributed by atoms with Crippen LogP contribution in [0.25, 0.3) is 0 Å². The summed E-state index contributed by atoms with van der Waals surface area (Å²) >= 11 is 0. The first-order chi connectivity index (χ1) is 7.25. The molecule has 2 N–H and O–H groups in total. The Hall–Kier alpha value is -1.22. The van der Waals surface area contributed by atoms with E-state index in [1.807, 2.05) is 0 Å². The van der Waals surface area contributed by atoms with Crippen molar-refractivity contribution in [2.75, 3.05) is 37.4 Å². The van der Waals surface area contributed by atoms with E-state index in [9.17, 15) is 0 Å². The zero-order chi connectivity index (χ0) is 10.7. The summed E-state index contributed by atoms with van der Waals surface area (Å²) in [7, 11) is 4.13. The lowest BCUT2D eigenvalue weighted by Gasteiger charge is -2.17. The van der Waals surface area contributed by atoms with Gasteiger partial charge in [0.15, 0.2) is 0 Å². The first-order valence-electron chi connectivity index (χ1n) is 5.50. The Kier molecular flexibility index (Phi) is 3.11. The molecule has 15 heavy (non-hydrogen) atoms. The molecular weight excluding hydrogens is 186 g/mol. The molecule has 0 saturated carbocycles. The maximum absolute atomic E-state index is 3.55. The summed E-state index contributed by atoms with van der Waals surface area (Å²) in [6.45, 7) is 2.21. The maximum Gasteiger partial charge on any atom is 0.0398 e. The van der Waals surface area contributed by atoms with Crippen LogP contribution in [-0.2, 0) is 0 Å². The van der Waals surface area contributed by atoms with Crippen LogP contribution in [0.5, 0.6) is 0 Å². The molecule has 0 amide bonds. The first kappa shape index (κ1) is 10.3. The Labute approximate surface area is 91.5 Å². The van der Waals surface area contributed by atoms with Gasteiger partial charge in [0, 0.05) is 38.1 Å². The molecule has 1 fully saturated rings. The molecular formula is C12H19N3. The lowest BCUT2D eigenvalue weighted by atomic mass is 10.2. The van der Waals surface area contributed by atoms with Crippen LogP contribution < -0.4 is 15.5 Å². The van der Waals surface area contributed by atoms with Crippen molar-refractivity contribution in [2.45, 2.75) is 12.5 Å². The van der Waals surface area contributed by atoms with E-state index in [-0.39, 0.29) is 0 Å². The molecule has 3 heteroatoms. The SMILES string of the molecule is CN(C)c1cccc(NC2CCNC2)c1. The number of hydrogen-bond acceptors (Lipinski definition) is 3. The number of benzene rings is 1. The fourth-order valence-electron chi connectivity index (χ4n) is 1.89. The second-order valence-corrected chi connectivity index (χ2v) is 4.28. The van der Waals surface area contributed by atoms with Crippen molar-refractivity contribution in [1.82, 2.24) is 5.32 Å². The summed E-state index contributed by atoms with van der Waals surface area (Å²) in [5, 5.41) is 6.90. The van der Waals surface area contributed by atoms with Crippen LogP contribution in [0, 0.1) is 0 Å². The summed E-state index contributed by atoms with van der Waals surface area (Å²) in [6.07, 6.45) is 1.21. The standard InChI is InChI=1S/C12H19N3/c1-15(2)12-5-3-4-10(8-12)14-11-6-7-13-9-11/h3-5,8,11,13-14H,6-7,9H2,1-2H3. The van der Waals surface area contributed by atoms with Gasteiger partial charge in [0.1, 0.15) is 0 Å². The Morgan fingerprint density at radius 2 is 2.27 bits per heavy atom. The van der Waals surface area contributed by atoms with E-state index in [1.165, 1.54) is 17.8 Å². The molecule has 0 radical (unpaired) electrons. The van der Waals surface area contributed by atoms with Crippen molar-refractivity contribution < 1.29 is 0 Å². The van der Waals surface area contributed by atoms with Crippen LogP contribution in [0.15, 0.2) is 24.3 Å². The van der Waals surface area contributed by atoms with Crippen LogP contribution in [0.4, 0.5) is 11.4 Å². The summed E-state index contributed by atoms with van der Waals surface area (Å²) in [6, 6.07) is 9.13. The van der Waals surface area contributed by atoms with Gasteiger partial charge in [0.25, 0.3) is 0 Å². The van der Waals surface area contributed by atoms with Gasteiger partial charge in [-0.05, 0) is 31.2 Å². The van der Waals surface area contributed by atoms with Crippen LogP contribution in [-0.4, -0.2) is 33.2 Å². The third-order valence-electron chi connectivity index (χ3n) is 2.79. The summed E-state index contributed by atoms with van der Waals surface area (Å²) in [5.41, 5.74) is 2.46. The first-order valence-corrected chi connectivity index (χ1v) is 5.50. The quantitative estimate of drug-likeness (QED) is 0.783. The normalized spacial score (nSPS) is 20.3. The fraction of sp³-hybridized carbons (Fsp3) is 0.500. The molecule has 0 aliphatic carbocycles. The molecule has 82 valence electrons. The van der Waals surface area contributed by atoms with Gasteiger partial charge in [-0.25, -0.2) is 0 Å². The van der Waals surface area contributed by atoms with Gasteiger partial charge < -0.3 is 15.5 Å². The molecule has 3 nitrogen and oxygen atoms in total. The molecule has 1 aliphatic heterocycles. The van der Waals surface area contributed by atoms with E-state index in [1.54, 1.807) is 0 Å². The van der Waals surface area contributed by atoms with E-state index in [4.69, 9.17) is 0 Å². The maximum atomic E-state index is 3.55. The summed E-state index contributed by atoms with van der Waals surface area (Å²) in [5.74, 6) is 0. The average molecular weight is 205 g/mol. The number of nitrogens with zero attached hydrogens (tertiary/aromatic N) is 1. The Bertz CT molecular complexity index is 316. The van der Waals surface area contributed by atoms with Crippen LogP contribution in [0.3, 0.4) is 0 Å². The van der Waals surface area contributed by atoms with Gasteiger partial charge in [-0.1, -0.05) is 6.07 Å². The molecule has 0 aromatic heterocycles. The highest BCUT2D eigenvalue weighted by atomic mass is 15.1. The highest BCUT2D eigenvalue weighted by Gasteiger charge is 2.13. The Morgan fingerprint density at radius 3 is 2.93 bits per heavy atom. The zero-order valence-corrected chi connectivity index (χ0v) is 9.46. The van der Waals surface area contributed by atoms with Gasteiger partial charge in [-0.3, -0.25) is 0 Å². The molecule has 1 atom stereocenters. The number of nitrogens with one attached hydrogen (secondary N) is 2. The molecule has 0 spiro atoms. The summed E-state index contributed by atoms with van der Waals surface area (Å²) in [4.78, 5) is 2.12. The van der Waals surface area contributed by atoms with E-state index in [0.717, 1.165) is 13.1 Å². The van der Waals surface area contributed by atoms with Gasteiger partial charge >= 0.3 is 0 Å². The Morgan fingerprint density at radius 1 is 1.40 bits per heavy atom. The van der Waals surface area contributed by atoms with Gasteiger partial charge in [-0.2, -0.15) is 0 Å². The Balaban J connectivity index is 2.04. The number of anilines is 2. The third-order valence-corrected chi connectivity index (χ3v) is 2.79. The average Bonchev–Trinajstić information content (AvgIpc) is 2.71. The lowest BCUT2D eigenvalue weighted by Crippen LogP contribution is -2.22. The smallest absolute Gasteiger partial charge is 0.0398 e. The lowest BCUT2D eigenvalue weighted by molar-refractivity contribution is 0.793. The predicted octanol–water partition coefficient (Wildman–Crippen LogP) is 1.53. The van der Waals surface area contributed by atoms with E-state index >= 15 is 0 Å². The topological polar surface area (TPSA) is 27.3 Å². The zero-order valence-electron chi connectivity index (χ0n) is 9.46. The van der Waals surface area contributed by atoms with Crippen molar-refractivity contribution in [3.63, 3.8) is 0 Å². The highest BCUT2D eigenvalue weighted by molar-refractivity contribution is 5.57. The van der Waals surface area contributed by atoms with Gasteiger partial charge in [0.2, 0.25) is 0 Å². The van der Waals surface area contributed by atoms with Gasteiger partial charge in [0.05, 0.1) is 0 Å². The molecule has 1 heterocycles.